The molecule has 124 valence electrons. The van der Waals surface area contributed by atoms with Crippen LogP contribution in [0.5, 0.6) is 11.6 Å². The number of pyridine rings is 1. The van der Waals surface area contributed by atoms with Gasteiger partial charge in [0.05, 0.1) is 0 Å². The topological polar surface area (TPSA) is 37.4 Å². The summed E-state index contributed by atoms with van der Waals surface area (Å²) in [5.41, 5.74) is 1.27. The Morgan fingerprint density at radius 2 is 1.70 bits per heavy atom. The number of likely N-dealkylation sites (N-methyl/N-ethyl adjacent to an activating group) is 1. The molecule has 0 spiro atoms. The average molecular weight is 313 g/mol. The molecule has 0 unspecified atom stereocenters. The smallest absolute Gasteiger partial charge is 0.219 e. The summed E-state index contributed by atoms with van der Waals surface area (Å²) in [6.07, 6.45) is 1.73. The molecule has 0 saturated carbocycles. The lowest BCUT2D eigenvalue weighted by molar-refractivity contribution is 0.233. The Hall–Kier alpha value is -1.91. The summed E-state index contributed by atoms with van der Waals surface area (Å²) in [4.78, 5) is 6.42. The van der Waals surface area contributed by atoms with E-state index in [-0.39, 0.29) is 0 Å². The van der Waals surface area contributed by atoms with E-state index >= 15 is 0 Å². The molecule has 2 rings (SSSR count). The van der Waals surface area contributed by atoms with Gasteiger partial charge in [-0.15, -0.1) is 0 Å². The highest BCUT2D eigenvalue weighted by molar-refractivity contribution is 5.32. The van der Waals surface area contributed by atoms with Crippen molar-refractivity contribution in [2.75, 3.05) is 14.1 Å². The van der Waals surface area contributed by atoms with Crippen LogP contribution in [-0.4, -0.2) is 36.1 Å². The van der Waals surface area contributed by atoms with Gasteiger partial charge in [-0.1, -0.05) is 32.0 Å². The molecule has 2 aromatic rings. The van der Waals surface area contributed by atoms with Crippen LogP contribution in [0.4, 0.5) is 0 Å². The molecule has 0 amide bonds. The molecule has 4 heteroatoms. The summed E-state index contributed by atoms with van der Waals surface area (Å²) < 4.78 is 5.76. The van der Waals surface area contributed by atoms with E-state index in [1.165, 1.54) is 5.56 Å². The van der Waals surface area contributed by atoms with Gasteiger partial charge in [-0.3, -0.25) is 0 Å². The maximum atomic E-state index is 5.76. The summed E-state index contributed by atoms with van der Waals surface area (Å²) in [5.74, 6) is 1.41. The lowest BCUT2D eigenvalue weighted by atomic mass is 9.98. The standard InChI is InChI=1S/C19H27N3O/c1-14(2)21-15(3)19(22(4)5)16-9-11-17(12-10-16)23-18-8-6-7-13-20-18/h6-15,19,21H,1-5H3/t15-,19+/m0/s1. The predicted octanol–water partition coefficient (Wildman–Crippen LogP) is 3.86. The van der Waals surface area contributed by atoms with Crippen molar-refractivity contribution in [1.29, 1.82) is 0 Å². The van der Waals surface area contributed by atoms with E-state index in [1.807, 2.05) is 30.3 Å². The maximum absolute atomic E-state index is 5.76. The Morgan fingerprint density at radius 3 is 2.22 bits per heavy atom. The van der Waals surface area contributed by atoms with Gasteiger partial charge in [0.2, 0.25) is 5.88 Å². The number of rotatable bonds is 7. The third-order valence-electron chi connectivity index (χ3n) is 3.71. The van der Waals surface area contributed by atoms with Crippen molar-refractivity contribution in [3.05, 3.63) is 54.2 Å². The SMILES string of the molecule is CC(C)N[C@@H](C)[C@H](c1ccc(Oc2ccccn2)cc1)N(C)C. The van der Waals surface area contributed by atoms with E-state index in [9.17, 15) is 0 Å². The molecule has 0 fully saturated rings. The van der Waals surface area contributed by atoms with Crippen molar-refractivity contribution in [1.82, 2.24) is 15.2 Å². The van der Waals surface area contributed by atoms with Gasteiger partial charge in [0.25, 0.3) is 0 Å². The third-order valence-corrected chi connectivity index (χ3v) is 3.71. The predicted molar refractivity (Wildman–Crippen MR) is 94.9 cm³/mol. The lowest BCUT2D eigenvalue weighted by Crippen LogP contribution is -2.42. The van der Waals surface area contributed by atoms with Gasteiger partial charge in [0, 0.05) is 30.4 Å². The summed E-state index contributed by atoms with van der Waals surface area (Å²) in [5, 5.41) is 3.59. The normalized spacial score (nSPS) is 14.0. The number of nitrogens with one attached hydrogen (secondary N) is 1. The Bertz CT molecular complexity index is 581. The second kappa shape index (κ2) is 8.09. The molecule has 4 nitrogen and oxygen atoms in total. The van der Waals surface area contributed by atoms with Crippen LogP contribution in [0.2, 0.25) is 0 Å². The molecule has 0 saturated heterocycles. The molecule has 1 N–H and O–H groups in total. The van der Waals surface area contributed by atoms with Gasteiger partial charge in [-0.05, 0) is 44.8 Å². The second-order valence-corrected chi connectivity index (χ2v) is 6.36. The van der Waals surface area contributed by atoms with Crippen LogP contribution in [0.1, 0.15) is 32.4 Å². The third kappa shape index (κ3) is 5.05. The van der Waals surface area contributed by atoms with Crippen molar-refractivity contribution in [2.45, 2.75) is 38.9 Å². The van der Waals surface area contributed by atoms with Crippen molar-refractivity contribution in [3.63, 3.8) is 0 Å². The number of ether oxygens (including phenoxy) is 1. The Kier molecular flexibility index (Phi) is 6.13. The first kappa shape index (κ1) is 17.4. The Morgan fingerprint density at radius 1 is 1.00 bits per heavy atom. The number of benzene rings is 1. The molecule has 1 aromatic heterocycles. The molecular weight excluding hydrogens is 286 g/mol. The number of hydrogen-bond donors (Lipinski definition) is 1. The molecule has 0 bridgehead atoms. The number of aromatic nitrogens is 1. The first-order valence-corrected chi connectivity index (χ1v) is 8.08. The van der Waals surface area contributed by atoms with E-state index in [0.29, 0.717) is 24.0 Å². The van der Waals surface area contributed by atoms with E-state index in [1.54, 1.807) is 6.20 Å². The zero-order valence-electron chi connectivity index (χ0n) is 14.7. The van der Waals surface area contributed by atoms with Gasteiger partial charge >= 0.3 is 0 Å². The summed E-state index contributed by atoms with van der Waals surface area (Å²) in [7, 11) is 4.23. The van der Waals surface area contributed by atoms with Crippen molar-refractivity contribution >= 4 is 0 Å². The first-order valence-electron chi connectivity index (χ1n) is 8.08. The fraction of sp³-hybridized carbons (Fsp3) is 0.421. The largest absolute Gasteiger partial charge is 0.439 e. The maximum Gasteiger partial charge on any atom is 0.219 e. The highest BCUT2D eigenvalue weighted by Crippen LogP contribution is 2.26. The minimum absolute atomic E-state index is 0.307. The van der Waals surface area contributed by atoms with Crippen LogP contribution in [0.25, 0.3) is 0 Å². The minimum atomic E-state index is 0.307. The molecule has 1 aromatic carbocycles. The van der Waals surface area contributed by atoms with Crippen LogP contribution >= 0.6 is 0 Å². The van der Waals surface area contributed by atoms with Gasteiger partial charge in [-0.2, -0.15) is 0 Å². The Labute approximate surface area is 139 Å². The van der Waals surface area contributed by atoms with E-state index in [0.717, 1.165) is 5.75 Å². The van der Waals surface area contributed by atoms with Gasteiger partial charge in [0.1, 0.15) is 5.75 Å². The first-order chi connectivity index (χ1) is 11.0. The van der Waals surface area contributed by atoms with E-state index in [4.69, 9.17) is 4.74 Å². The van der Waals surface area contributed by atoms with Crippen molar-refractivity contribution in [2.24, 2.45) is 0 Å². The lowest BCUT2D eigenvalue weighted by Gasteiger charge is -2.32. The van der Waals surface area contributed by atoms with Gasteiger partial charge in [0.15, 0.2) is 0 Å². The zero-order valence-corrected chi connectivity index (χ0v) is 14.7. The summed E-state index contributed by atoms with van der Waals surface area (Å²) in [6.45, 7) is 6.57. The fourth-order valence-corrected chi connectivity index (χ4v) is 2.91. The van der Waals surface area contributed by atoms with Crippen molar-refractivity contribution < 1.29 is 4.74 Å². The summed E-state index contributed by atoms with van der Waals surface area (Å²) in [6, 6.07) is 15.0. The van der Waals surface area contributed by atoms with Crippen LogP contribution in [0.3, 0.4) is 0 Å². The van der Waals surface area contributed by atoms with E-state index < -0.39 is 0 Å². The molecule has 1 heterocycles. The number of nitrogens with zero attached hydrogens (tertiary/aromatic N) is 2. The Balaban J connectivity index is 2.12. The number of hydrogen-bond acceptors (Lipinski definition) is 4. The monoisotopic (exact) mass is 313 g/mol. The van der Waals surface area contributed by atoms with Crippen molar-refractivity contribution in [3.8, 4) is 11.6 Å². The van der Waals surface area contributed by atoms with Gasteiger partial charge < -0.3 is 15.0 Å². The van der Waals surface area contributed by atoms with Crippen LogP contribution in [0, 0.1) is 0 Å². The molecule has 0 aliphatic rings. The average Bonchev–Trinajstić information content (AvgIpc) is 2.49. The molecule has 0 aliphatic carbocycles. The molecule has 23 heavy (non-hydrogen) atoms. The van der Waals surface area contributed by atoms with Crippen LogP contribution in [-0.2, 0) is 0 Å². The molecule has 2 atom stereocenters. The van der Waals surface area contributed by atoms with E-state index in [2.05, 4.69) is 62.2 Å². The summed E-state index contributed by atoms with van der Waals surface area (Å²) >= 11 is 0. The molecule has 0 aliphatic heterocycles. The fourth-order valence-electron chi connectivity index (χ4n) is 2.91. The zero-order chi connectivity index (χ0) is 16.8. The second-order valence-electron chi connectivity index (χ2n) is 6.36. The highest BCUT2D eigenvalue weighted by atomic mass is 16.5. The van der Waals surface area contributed by atoms with Crippen LogP contribution in [0.15, 0.2) is 48.7 Å². The quantitative estimate of drug-likeness (QED) is 0.842. The van der Waals surface area contributed by atoms with Crippen LogP contribution < -0.4 is 10.1 Å². The van der Waals surface area contributed by atoms with Gasteiger partial charge in [-0.25, -0.2) is 4.98 Å². The molecule has 0 radical (unpaired) electrons. The minimum Gasteiger partial charge on any atom is -0.439 e. The molecular formula is C19H27N3O. The highest BCUT2D eigenvalue weighted by Gasteiger charge is 2.21.